The highest BCUT2D eigenvalue weighted by atomic mass is 19.4. The number of halogens is 3. The Morgan fingerprint density at radius 1 is 1.13 bits per heavy atom. The molecule has 11 heteroatoms. The minimum Gasteiger partial charge on any atom is -0.369 e. The first kappa shape index (κ1) is 25.9. The molecule has 8 nitrogen and oxygen atoms in total. The van der Waals surface area contributed by atoms with Gasteiger partial charge in [-0.1, -0.05) is 13.8 Å². The molecule has 1 fully saturated rings. The second kappa shape index (κ2) is 9.86. The first-order chi connectivity index (χ1) is 18.0. The summed E-state index contributed by atoms with van der Waals surface area (Å²) in [6, 6.07) is 7.12. The molecule has 2 aliphatic rings. The predicted molar refractivity (Wildman–Crippen MR) is 139 cm³/mol. The van der Waals surface area contributed by atoms with Crippen molar-refractivity contribution in [2.24, 2.45) is 0 Å². The van der Waals surface area contributed by atoms with Crippen molar-refractivity contribution in [1.29, 1.82) is 0 Å². The molecule has 1 amide bonds. The molecule has 2 aliphatic heterocycles. The lowest BCUT2D eigenvalue weighted by Crippen LogP contribution is -2.43. The van der Waals surface area contributed by atoms with Crippen molar-refractivity contribution in [2.45, 2.75) is 44.3 Å². The maximum absolute atomic E-state index is 14.0. The molecule has 38 heavy (non-hydrogen) atoms. The average Bonchev–Trinajstić information content (AvgIpc) is 3.19. The largest absolute Gasteiger partial charge is 0.418 e. The van der Waals surface area contributed by atoms with Crippen LogP contribution in [-0.4, -0.2) is 58.5 Å². The number of benzene rings is 1. The number of nitrogens with one attached hydrogen (secondary N) is 3. The van der Waals surface area contributed by atoms with Crippen LogP contribution in [0.25, 0.3) is 11.3 Å². The van der Waals surface area contributed by atoms with Gasteiger partial charge in [0.15, 0.2) is 0 Å². The Morgan fingerprint density at radius 2 is 1.89 bits per heavy atom. The van der Waals surface area contributed by atoms with Crippen molar-refractivity contribution in [3.63, 3.8) is 0 Å². The van der Waals surface area contributed by atoms with Gasteiger partial charge in [0.05, 0.1) is 16.9 Å². The normalized spacial score (nSPS) is 17.5. The molecule has 2 aromatic heterocycles. The van der Waals surface area contributed by atoms with Crippen LogP contribution in [-0.2, 0) is 11.6 Å². The molecule has 0 saturated carbocycles. The lowest BCUT2D eigenvalue weighted by molar-refractivity contribution is -0.136. The summed E-state index contributed by atoms with van der Waals surface area (Å²) in [5.41, 5.74) is 0.979. The molecular formula is C27H30F3N7O. The Balaban J connectivity index is 1.38. The number of rotatable bonds is 5. The number of likely N-dealkylation sites (tertiary alicyclic amines) is 1. The quantitative estimate of drug-likeness (QED) is 0.439. The second-order valence-corrected chi connectivity index (χ2v) is 10.6. The van der Waals surface area contributed by atoms with Crippen LogP contribution in [0.15, 0.2) is 42.7 Å². The van der Waals surface area contributed by atoms with Crippen LogP contribution in [0.4, 0.5) is 30.6 Å². The summed E-state index contributed by atoms with van der Waals surface area (Å²) in [6.07, 6.45) is -0.00660. The van der Waals surface area contributed by atoms with Gasteiger partial charge in [-0.25, -0.2) is 15.0 Å². The van der Waals surface area contributed by atoms with Gasteiger partial charge < -0.3 is 20.9 Å². The van der Waals surface area contributed by atoms with Crippen LogP contribution in [0.5, 0.6) is 0 Å². The summed E-state index contributed by atoms with van der Waals surface area (Å²) in [4.78, 5) is 27.9. The summed E-state index contributed by atoms with van der Waals surface area (Å²) in [5.74, 6) is 0.312. The number of hydrogen-bond acceptors (Lipinski definition) is 7. The van der Waals surface area contributed by atoms with Crippen molar-refractivity contribution in [1.82, 2.24) is 25.2 Å². The first-order valence-electron chi connectivity index (χ1n) is 12.5. The zero-order valence-corrected chi connectivity index (χ0v) is 21.5. The number of anilines is 3. The third kappa shape index (κ3) is 5.42. The van der Waals surface area contributed by atoms with E-state index < -0.39 is 17.6 Å². The van der Waals surface area contributed by atoms with Gasteiger partial charge in [0.25, 0.3) is 5.91 Å². The van der Waals surface area contributed by atoms with E-state index in [4.69, 9.17) is 0 Å². The summed E-state index contributed by atoms with van der Waals surface area (Å²) in [7, 11) is 2.00. The van der Waals surface area contributed by atoms with Crippen LogP contribution in [0.3, 0.4) is 0 Å². The average molecular weight is 526 g/mol. The first-order valence-corrected chi connectivity index (χ1v) is 12.5. The molecule has 3 N–H and O–H groups in total. The smallest absolute Gasteiger partial charge is 0.369 e. The SMILES string of the molecule is CN1CCC(NC(=O)c2ccc(Nc3nccc(-c4cnc5c(c4)C(C)(C)CN5)n3)c(C(F)(F)F)c2)CC1. The number of piperidine rings is 1. The Labute approximate surface area is 219 Å². The Bertz CT molecular complexity index is 1350. The van der Waals surface area contributed by atoms with E-state index in [2.05, 4.69) is 49.6 Å². The van der Waals surface area contributed by atoms with Gasteiger partial charge in [0.1, 0.15) is 5.82 Å². The van der Waals surface area contributed by atoms with Crippen molar-refractivity contribution in [3.05, 3.63) is 59.4 Å². The van der Waals surface area contributed by atoms with E-state index in [1.807, 2.05) is 13.1 Å². The third-order valence-electron chi connectivity index (χ3n) is 7.15. The van der Waals surface area contributed by atoms with E-state index in [0.29, 0.717) is 5.69 Å². The number of alkyl halides is 3. The number of carbonyl (C=O) groups excluding carboxylic acids is 1. The molecule has 200 valence electrons. The molecule has 0 bridgehead atoms. The van der Waals surface area contributed by atoms with Crippen LogP contribution >= 0.6 is 0 Å². The zero-order valence-electron chi connectivity index (χ0n) is 21.5. The van der Waals surface area contributed by atoms with Gasteiger partial charge in [-0.2, -0.15) is 13.2 Å². The van der Waals surface area contributed by atoms with Gasteiger partial charge >= 0.3 is 6.18 Å². The van der Waals surface area contributed by atoms with Crippen molar-refractivity contribution >= 4 is 23.4 Å². The molecule has 4 heterocycles. The predicted octanol–water partition coefficient (Wildman–Crippen LogP) is 4.83. The minimum atomic E-state index is -4.69. The van der Waals surface area contributed by atoms with E-state index >= 15 is 0 Å². The molecule has 0 radical (unpaired) electrons. The number of aromatic nitrogens is 3. The monoisotopic (exact) mass is 525 g/mol. The lowest BCUT2D eigenvalue weighted by Gasteiger charge is -2.29. The Morgan fingerprint density at radius 3 is 2.63 bits per heavy atom. The maximum atomic E-state index is 14.0. The highest BCUT2D eigenvalue weighted by molar-refractivity contribution is 5.95. The highest BCUT2D eigenvalue weighted by Crippen LogP contribution is 2.38. The fourth-order valence-corrected chi connectivity index (χ4v) is 4.81. The lowest BCUT2D eigenvalue weighted by atomic mass is 9.87. The van der Waals surface area contributed by atoms with Gasteiger partial charge in [-0.3, -0.25) is 4.79 Å². The van der Waals surface area contributed by atoms with E-state index in [-0.39, 0.29) is 28.7 Å². The van der Waals surface area contributed by atoms with E-state index in [1.165, 1.54) is 18.3 Å². The van der Waals surface area contributed by atoms with Gasteiger partial charge in [0, 0.05) is 47.1 Å². The van der Waals surface area contributed by atoms with Crippen LogP contribution in [0.2, 0.25) is 0 Å². The molecule has 1 aromatic carbocycles. The van der Waals surface area contributed by atoms with Crippen LogP contribution < -0.4 is 16.0 Å². The fraction of sp³-hybridized carbons (Fsp3) is 0.407. The third-order valence-corrected chi connectivity index (χ3v) is 7.15. The molecule has 0 atom stereocenters. The summed E-state index contributed by atoms with van der Waals surface area (Å²) in [6.45, 7) is 6.65. The summed E-state index contributed by atoms with van der Waals surface area (Å²) in [5, 5.41) is 8.84. The summed E-state index contributed by atoms with van der Waals surface area (Å²) >= 11 is 0. The van der Waals surface area contributed by atoms with Crippen LogP contribution in [0, 0.1) is 0 Å². The number of fused-ring (bicyclic) bond motifs is 1. The standard InChI is InChI=1S/C27H30F3N7O/c1-26(2)15-33-23-20(26)13-17(14-32-23)21-6-9-31-25(35-21)36-22-5-4-16(12-19(22)27(28,29)30)24(38)34-18-7-10-37(3)11-8-18/h4-6,9,12-14,18H,7-8,10-11,15H2,1-3H3,(H,32,33)(H,34,38)(H,31,35,36). The number of hydrogen-bond donors (Lipinski definition) is 3. The minimum absolute atomic E-state index is 0.00871. The van der Waals surface area contributed by atoms with E-state index in [1.54, 1.807) is 12.3 Å². The number of pyridine rings is 1. The van der Waals surface area contributed by atoms with E-state index in [0.717, 1.165) is 55.5 Å². The maximum Gasteiger partial charge on any atom is 0.418 e. The highest BCUT2D eigenvalue weighted by Gasteiger charge is 2.35. The molecule has 1 saturated heterocycles. The van der Waals surface area contributed by atoms with E-state index in [9.17, 15) is 18.0 Å². The fourth-order valence-electron chi connectivity index (χ4n) is 4.81. The Hall–Kier alpha value is -3.73. The number of amides is 1. The molecule has 5 rings (SSSR count). The van der Waals surface area contributed by atoms with Gasteiger partial charge in [0.2, 0.25) is 5.95 Å². The second-order valence-electron chi connectivity index (χ2n) is 10.6. The molecular weight excluding hydrogens is 495 g/mol. The van der Waals surface area contributed by atoms with Crippen molar-refractivity contribution < 1.29 is 18.0 Å². The van der Waals surface area contributed by atoms with Gasteiger partial charge in [-0.05, 0) is 63.3 Å². The molecule has 0 spiro atoms. The molecule has 0 aliphatic carbocycles. The summed E-state index contributed by atoms with van der Waals surface area (Å²) < 4.78 is 42.0. The molecule has 0 unspecified atom stereocenters. The van der Waals surface area contributed by atoms with Crippen molar-refractivity contribution in [2.75, 3.05) is 37.3 Å². The Kier molecular flexibility index (Phi) is 6.72. The zero-order chi connectivity index (χ0) is 27.1. The molecule has 3 aromatic rings. The van der Waals surface area contributed by atoms with Crippen LogP contribution in [0.1, 0.15) is 48.2 Å². The topological polar surface area (TPSA) is 95.1 Å². The number of carbonyl (C=O) groups is 1. The van der Waals surface area contributed by atoms with Crippen molar-refractivity contribution in [3.8, 4) is 11.3 Å². The number of nitrogens with zero attached hydrogens (tertiary/aromatic N) is 4. The van der Waals surface area contributed by atoms with Gasteiger partial charge in [-0.15, -0.1) is 0 Å².